The SMILES string of the molecule is CCc1ccc(CN(C(=O)COc2ccccc2[N+](=O)[O-])[C@@H]2CCS(=O)(=O)C2)cc1. The van der Waals surface area contributed by atoms with Crippen molar-refractivity contribution in [3.63, 3.8) is 0 Å². The molecule has 1 heterocycles. The average molecular weight is 432 g/mol. The van der Waals surface area contributed by atoms with Gasteiger partial charge in [0.25, 0.3) is 5.91 Å². The molecule has 0 unspecified atom stereocenters. The van der Waals surface area contributed by atoms with E-state index >= 15 is 0 Å². The van der Waals surface area contributed by atoms with E-state index in [1.54, 1.807) is 6.07 Å². The summed E-state index contributed by atoms with van der Waals surface area (Å²) in [6.45, 7) is 1.89. The van der Waals surface area contributed by atoms with Crippen molar-refractivity contribution in [2.75, 3.05) is 18.1 Å². The van der Waals surface area contributed by atoms with Crippen molar-refractivity contribution in [3.8, 4) is 5.75 Å². The fraction of sp³-hybridized carbons (Fsp3) is 0.381. The van der Waals surface area contributed by atoms with Crippen LogP contribution in [0.3, 0.4) is 0 Å². The molecule has 0 aromatic heterocycles. The van der Waals surface area contributed by atoms with E-state index in [0.29, 0.717) is 6.42 Å². The summed E-state index contributed by atoms with van der Waals surface area (Å²) in [4.78, 5) is 25.0. The second-order valence-electron chi connectivity index (χ2n) is 7.26. The van der Waals surface area contributed by atoms with Gasteiger partial charge in [-0.15, -0.1) is 0 Å². The number of hydrogen-bond acceptors (Lipinski definition) is 6. The summed E-state index contributed by atoms with van der Waals surface area (Å²) in [7, 11) is -3.19. The number of carbonyl (C=O) groups is 1. The number of benzene rings is 2. The normalized spacial score (nSPS) is 17.4. The summed E-state index contributed by atoms with van der Waals surface area (Å²) in [5.74, 6) is -0.449. The van der Waals surface area contributed by atoms with E-state index in [9.17, 15) is 23.3 Å². The molecular formula is C21H24N2O6S. The fourth-order valence-electron chi connectivity index (χ4n) is 3.47. The topological polar surface area (TPSA) is 107 Å². The number of nitro benzene ring substituents is 1. The molecule has 3 rings (SSSR count). The van der Waals surface area contributed by atoms with Gasteiger partial charge in [-0.3, -0.25) is 14.9 Å². The number of nitro groups is 1. The van der Waals surface area contributed by atoms with E-state index < -0.39 is 33.3 Å². The van der Waals surface area contributed by atoms with E-state index in [2.05, 4.69) is 0 Å². The van der Waals surface area contributed by atoms with Crippen molar-refractivity contribution >= 4 is 21.4 Å². The Morgan fingerprint density at radius 1 is 1.17 bits per heavy atom. The predicted molar refractivity (Wildman–Crippen MR) is 112 cm³/mol. The molecular weight excluding hydrogens is 408 g/mol. The number of para-hydroxylation sites is 2. The number of hydrogen-bond donors (Lipinski definition) is 0. The highest BCUT2D eigenvalue weighted by molar-refractivity contribution is 7.91. The van der Waals surface area contributed by atoms with Crippen molar-refractivity contribution in [1.82, 2.24) is 4.90 Å². The van der Waals surface area contributed by atoms with Gasteiger partial charge in [-0.05, 0) is 30.0 Å². The lowest BCUT2D eigenvalue weighted by molar-refractivity contribution is -0.385. The summed E-state index contributed by atoms with van der Waals surface area (Å²) < 4.78 is 29.4. The lowest BCUT2D eigenvalue weighted by Crippen LogP contribution is -2.43. The monoisotopic (exact) mass is 432 g/mol. The Hall–Kier alpha value is -2.94. The van der Waals surface area contributed by atoms with Crippen molar-refractivity contribution in [3.05, 3.63) is 69.8 Å². The molecule has 0 aliphatic carbocycles. The second-order valence-corrected chi connectivity index (χ2v) is 9.49. The van der Waals surface area contributed by atoms with Gasteiger partial charge in [0.1, 0.15) is 0 Å². The van der Waals surface area contributed by atoms with E-state index in [4.69, 9.17) is 4.74 Å². The first-order valence-electron chi connectivity index (χ1n) is 9.73. The minimum Gasteiger partial charge on any atom is -0.477 e. The smallest absolute Gasteiger partial charge is 0.310 e. The summed E-state index contributed by atoms with van der Waals surface area (Å²) in [5.41, 5.74) is 1.82. The molecule has 9 heteroatoms. The largest absolute Gasteiger partial charge is 0.477 e. The molecule has 0 bridgehead atoms. The first kappa shape index (κ1) is 21.8. The van der Waals surface area contributed by atoms with E-state index in [0.717, 1.165) is 12.0 Å². The van der Waals surface area contributed by atoms with Crippen LogP contribution in [0.2, 0.25) is 0 Å². The van der Waals surface area contributed by atoms with Crippen LogP contribution in [-0.2, 0) is 27.6 Å². The number of carbonyl (C=O) groups excluding carboxylic acids is 1. The zero-order valence-electron chi connectivity index (χ0n) is 16.7. The Bertz CT molecular complexity index is 1020. The first-order valence-corrected chi connectivity index (χ1v) is 11.5. The maximum atomic E-state index is 13.0. The molecule has 0 radical (unpaired) electrons. The predicted octanol–water partition coefficient (Wildman–Crippen LogP) is 2.75. The van der Waals surface area contributed by atoms with Gasteiger partial charge in [-0.1, -0.05) is 43.3 Å². The molecule has 1 atom stereocenters. The third-order valence-corrected chi connectivity index (χ3v) is 6.92. The van der Waals surface area contributed by atoms with Gasteiger partial charge in [0.2, 0.25) is 0 Å². The lowest BCUT2D eigenvalue weighted by Gasteiger charge is -2.28. The Labute approximate surface area is 175 Å². The van der Waals surface area contributed by atoms with Crippen molar-refractivity contribution in [2.45, 2.75) is 32.4 Å². The highest BCUT2D eigenvalue weighted by atomic mass is 32.2. The molecule has 2 aromatic carbocycles. The van der Waals surface area contributed by atoms with Gasteiger partial charge in [-0.25, -0.2) is 8.42 Å². The molecule has 160 valence electrons. The van der Waals surface area contributed by atoms with Gasteiger partial charge in [0, 0.05) is 18.7 Å². The Morgan fingerprint density at radius 2 is 1.83 bits per heavy atom. The molecule has 0 N–H and O–H groups in total. The second kappa shape index (κ2) is 9.25. The lowest BCUT2D eigenvalue weighted by atomic mass is 10.1. The summed E-state index contributed by atoms with van der Waals surface area (Å²) >= 11 is 0. The van der Waals surface area contributed by atoms with Crippen LogP contribution in [0.15, 0.2) is 48.5 Å². The molecule has 2 aromatic rings. The molecule has 1 fully saturated rings. The fourth-order valence-corrected chi connectivity index (χ4v) is 5.20. The van der Waals surface area contributed by atoms with Crippen LogP contribution in [0, 0.1) is 10.1 Å². The van der Waals surface area contributed by atoms with Gasteiger partial charge < -0.3 is 9.64 Å². The Morgan fingerprint density at radius 3 is 2.43 bits per heavy atom. The van der Waals surface area contributed by atoms with Gasteiger partial charge in [-0.2, -0.15) is 0 Å². The van der Waals surface area contributed by atoms with Gasteiger partial charge >= 0.3 is 5.69 Å². The van der Waals surface area contributed by atoms with Crippen LogP contribution >= 0.6 is 0 Å². The Kier molecular flexibility index (Phi) is 6.71. The van der Waals surface area contributed by atoms with E-state index in [-0.39, 0.29) is 29.5 Å². The van der Waals surface area contributed by atoms with Crippen LogP contribution in [0.5, 0.6) is 5.75 Å². The average Bonchev–Trinajstić information content (AvgIpc) is 3.10. The highest BCUT2D eigenvalue weighted by Crippen LogP contribution is 2.26. The number of rotatable bonds is 8. The zero-order chi connectivity index (χ0) is 21.7. The van der Waals surface area contributed by atoms with Crippen LogP contribution in [-0.4, -0.2) is 48.3 Å². The Balaban J connectivity index is 1.77. The summed E-state index contributed by atoms with van der Waals surface area (Å²) in [6, 6.07) is 13.2. The highest BCUT2D eigenvalue weighted by Gasteiger charge is 2.35. The third kappa shape index (κ3) is 5.35. The third-order valence-electron chi connectivity index (χ3n) is 5.17. The standard InChI is InChI=1S/C21H24N2O6S/c1-2-16-7-9-17(10-8-16)13-22(18-11-12-30(27,28)15-18)21(24)14-29-20-6-4-3-5-19(20)23(25)26/h3-10,18H,2,11-15H2,1H3/t18-/m1/s1. The molecule has 1 aliphatic rings. The van der Waals surface area contributed by atoms with Crippen LogP contribution in [0.1, 0.15) is 24.5 Å². The maximum absolute atomic E-state index is 13.0. The van der Waals surface area contributed by atoms with E-state index in [1.165, 1.54) is 28.7 Å². The molecule has 8 nitrogen and oxygen atoms in total. The molecule has 30 heavy (non-hydrogen) atoms. The van der Waals surface area contributed by atoms with Crippen molar-refractivity contribution in [1.29, 1.82) is 0 Å². The molecule has 1 amide bonds. The number of nitrogens with zero attached hydrogens (tertiary/aromatic N) is 2. The molecule has 1 aliphatic heterocycles. The zero-order valence-corrected chi connectivity index (χ0v) is 17.5. The van der Waals surface area contributed by atoms with Crippen LogP contribution in [0.25, 0.3) is 0 Å². The summed E-state index contributed by atoms with van der Waals surface area (Å²) in [5, 5.41) is 11.1. The minimum atomic E-state index is -3.19. The van der Waals surface area contributed by atoms with Gasteiger partial charge in [0.05, 0.1) is 16.4 Å². The number of sulfone groups is 1. The maximum Gasteiger partial charge on any atom is 0.310 e. The van der Waals surface area contributed by atoms with Crippen molar-refractivity contribution in [2.24, 2.45) is 0 Å². The number of ether oxygens (including phenoxy) is 1. The molecule has 1 saturated heterocycles. The quantitative estimate of drug-likeness (QED) is 0.469. The number of amides is 1. The first-order chi connectivity index (χ1) is 14.3. The molecule has 0 saturated carbocycles. The van der Waals surface area contributed by atoms with Gasteiger partial charge in [0.15, 0.2) is 22.2 Å². The van der Waals surface area contributed by atoms with Crippen molar-refractivity contribution < 1.29 is 22.9 Å². The molecule has 0 spiro atoms. The minimum absolute atomic E-state index is 0.00198. The van der Waals surface area contributed by atoms with Crippen LogP contribution < -0.4 is 4.74 Å². The summed E-state index contributed by atoms with van der Waals surface area (Å²) in [6.07, 6.45) is 1.26. The van der Waals surface area contributed by atoms with E-state index in [1.807, 2.05) is 31.2 Å². The number of aryl methyl sites for hydroxylation is 1. The van der Waals surface area contributed by atoms with Crippen LogP contribution in [0.4, 0.5) is 5.69 Å².